The van der Waals surface area contributed by atoms with Gasteiger partial charge in [-0.3, -0.25) is 14.2 Å². The van der Waals surface area contributed by atoms with Crippen LogP contribution in [0, 0.1) is 0 Å². The van der Waals surface area contributed by atoms with Crippen LogP contribution in [0.2, 0.25) is 0 Å². The smallest absolute Gasteiger partial charge is 0.374 e. The van der Waals surface area contributed by atoms with Crippen molar-refractivity contribution in [2.75, 3.05) is 32.8 Å². The molecule has 2 bridgehead atoms. The third-order valence-electron chi connectivity index (χ3n) is 4.76. The average Bonchev–Trinajstić information content (AvgIpc) is 2.86. The van der Waals surface area contributed by atoms with Gasteiger partial charge in [0.15, 0.2) is 0 Å². The molecule has 12 nitrogen and oxygen atoms in total. The summed E-state index contributed by atoms with van der Waals surface area (Å²) in [6, 6.07) is -2.13. The minimum atomic E-state index is -4.81. The zero-order valence-corrected chi connectivity index (χ0v) is 15.5. The van der Waals surface area contributed by atoms with Gasteiger partial charge in [0.05, 0.1) is 25.4 Å². The Morgan fingerprint density at radius 3 is 2.81 bits per heavy atom. The lowest BCUT2D eigenvalue weighted by Gasteiger charge is -2.29. The lowest BCUT2D eigenvalue weighted by Crippen LogP contribution is -2.49. The number of carbonyl (C=O) groups is 2. The Bertz CT molecular complexity index is 654. The standard InChI is InChI=1S/C14H24N4O8S/c19-13(16-25-7-6-24-11-2-1-5-15-8-11)12-4-3-10-9-17(12)14(20)18(10)26-27(21,22)23/h10-12,15H,1-9H2,(H,16,19)(H,21,22,23)/t10?,11?,12-/m0/s1. The zero-order valence-electron chi connectivity index (χ0n) is 14.7. The normalized spacial score (nSPS) is 28.5. The van der Waals surface area contributed by atoms with E-state index in [1.807, 2.05) is 0 Å². The lowest BCUT2D eigenvalue weighted by molar-refractivity contribution is -0.140. The number of nitrogens with one attached hydrogen (secondary N) is 2. The van der Waals surface area contributed by atoms with E-state index in [-0.39, 0.29) is 19.3 Å². The van der Waals surface area contributed by atoms with Crippen molar-refractivity contribution in [2.24, 2.45) is 0 Å². The molecule has 3 rings (SSSR count). The number of hydroxylamine groups is 3. The highest BCUT2D eigenvalue weighted by atomic mass is 32.3. The van der Waals surface area contributed by atoms with Crippen LogP contribution in [0.1, 0.15) is 25.7 Å². The highest BCUT2D eigenvalue weighted by Gasteiger charge is 2.49. The van der Waals surface area contributed by atoms with Gasteiger partial charge in [0, 0.05) is 13.1 Å². The van der Waals surface area contributed by atoms with Gasteiger partial charge in [-0.15, -0.1) is 4.28 Å². The minimum Gasteiger partial charge on any atom is -0.374 e. The first kappa shape index (κ1) is 20.2. The molecule has 3 amide bonds. The lowest BCUT2D eigenvalue weighted by atomic mass is 10.0. The summed E-state index contributed by atoms with van der Waals surface area (Å²) >= 11 is 0. The Morgan fingerprint density at radius 2 is 2.11 bits per heavy atom. The van der Waals surface area contributed by atoms with Crippen molar-refractivity contribution in [3.8, 4) is 0 Å². The van der Waals surface area contributed by atoms with Crippen LogP contribution in [0.15, 0.2) is 0 Å². The molecule has 0 spiro atoms. The van der Waals surface area contributed by atoms with Gasteiger partial charge in [-0.05, 0) is 32.2 Å². The molecule has 3 fully saturated rings. The third-order valence-corrected chi connectivity index (χ3v) is 5.11. The number of hydrogen-bond acceptors (Lipinski definition) is 8. The summed E-state index contributed by atoms with van der Waals surface area (Å²) in [5.74, 6) is -0.505. The maximum Gasteiger partial charge on any atom is 0.418 e. The van der Waals surface area contributed by atoms with Crippen molar-refractivity contribution in [1.82, 2.24) is 20.8 Å². The number of urea groups is 1. The van der Waals surface area contributed by atoms with E-state index >= 15 is 0 Å². The molecule has 13 heteroatoms. The summed E-state index contributed by atoms with van der Waals surface area (Å²) in [6.45, 7) is 2.43. The van der Waals surface area contributed by atoms with E-state index in [2.05, 4.69) is 15.1 Å². The summed E-state index contributed by atoms with van der Waals surface area (Å²) in [4.78, 5) is 30.8. The number of hydrogen-bond donors (Lipinski definition) is 3. The van der Waals surface area contributed by atoms with Gasteiger partial charge in [0.2, 0.25) is 0 Å². The van der Waals surface area contributed by atoms with E-state index < -0.39 is 34.4 Å². The van der Waals surface area contributed by atoms with Crippen molar-refractivity contribution in [1.29, 1.82) is 0 Å². The van der Waals surface area contributed by atoms with Gasteiger partial charge in [-0.1, -0.05) is 0 Å². The molecule has 3 saturated heterocycles. The third kappa shape index (κ3) is 5.27. The van der Waals surface area contributed by atoms with Gasteiger partial charge in [0.1, 0.15) is 6.04 Å². The summed E-state index contributed by atoms with van der Waals surface area (Å²) in [7, 11) is -4.81. The summed E-state index contributed by atoms with van der Waals surface area (Å²) in [5.41, 5.74) is 2.30. The number of piperidine rings is 2. The van der Waals surface area contributed by atoms with Gasteiger partial charge in [-0.25, -0.2) is 10.3 Å². The van der Waals surface area contributed by atoms with E-state index in [9.17, 15) is 18.0 Å². The molecular weight excluding hydrogens is 384 g/mol. The quantitative estimate of drug-likeness (QED) is 0.256. The molecule has 27 heavy (non-hydrogen) atoms. The monoisotopic (exact) mass is 408 g/mol. The Labute approximate surface area is 156 Å². The average molecular weight is 408 g/mol. The molecule has 0 aromatic rings. The van der Waals surface area contributed by atoms with Gasteiger partial charge < -0.3 is 15.0 Å². The predicted molar refractivity (Wildman–Crippen MR) is 89.3 cm³/mol. The Balaban J connectivity index is 1.41. The molecule has 154 valence electrons. The number of fused-ring (bicyclic) bond motifs is 2. The summed E-state index contributed by atoms with van der Waals surface area (Å²) < 4.78 is 40.4. The molecule has 0 aromatic heterocycles. The van der Waals surface area contributed by atoms with Crippen LogP contribution < -0.4 is 10.8 Å². The van der Waals surface area contributed by atoms with Crippen LogP contribution in [0.5, 0.6) is 0 Å². The molecule has 3 aliphatic heterocycles. The Morgan fingerprint density at radius 1 is 1.30 bits per heavy atom. The van der Waals surface area contributed by atoms with E-state index in [4.69, 9.17) is 14.1 Å². The second kappa shape index (κ2) is 8.67. The first-order chi connectivity index (χ1) is 12.8. The molecule has 0 aromatic carbocycles. The minimum absolute atomic E-state index is 0.129. The summed E-state index contributed by atoms with van der Waals surface area (Å²) in [5, 5.41) is 3.83. The second-order valence-corrected chi connectivity index (χ2v) is 7.67. The molecule has 0 aliphatic carbocycles. The van der Waals surface area contributed by atoms with Crippen LogP contribution in [-0.2, 0) is 29.1 Å². The highest BCUT2D eigenvalue weighted by molar-refractivity contribution is 7.80. The van der Waals surface area contributed by atoms with Gasteiger partial charge in [-0.2, -0.15) is 13.5 Å². The summed E-state index contributed by atoms with van der Waals surface area (Å²) in [6.07, 6.45) is 2.87. The van der Waals surface area contributed by atoms with Crippen LogP contribution in [0.4, 0.5) is 4.79 Å². The van der Waals surface area contributed by atoms with Crippen LogP contribution in [-0.4, -0.2) is 85.9 Å². The van der Waals surface area contributed by atoms with Crippen molar-refractivity contribution in [3.05, 3.63) is 0 Å². The largest absolute Gasteiger partial charge is 0.418 e. The molecule has 3 heterocycles. The molecule has 3 atom stereocenters. The van der Waals surface area contributed by atoms with E-state index in [0.29, 0.717) is 24.5 Å². The highest BCUT2D eigenvalue weighted by Crippen LogP contribution is 2.30. The molecular formula is C14H24N4O8S. The first-order valence-corrected chi connectivity index (χ1v) is 10.2. The topological polar surface area (TPSA) is 147 Å². The predicted octanol–water partition coefficient (Wildman–Crippen LogP) is -1.19. The molecule has 3 aliphatic rings. The molecule has 0 saturated carbocycles. The zero-order chi connectivity index (χ0) is 19.4. The maximum atomic E-state index is 12.3. The SMILES string of the molecule is O=C(NOCCOC1CCCNC1)[C@@H]1CCC2CN1C(=O)N2OS(=O)(=O)O. The first-order valence-electron chi connectivity index (χ1n) is 8.86. The fourth-order valence-electron chi connectivity index (χ4n) is 3.51. The van der Waals surface area contributed by atoms with Crippen LogP contribution >= 0.6 is 0 Å². The van der Waals surface area contributed by atoms with Crippen LogP contribution in [0.25, 0.3) is 0 Å². The molecule has 0 radical (unpaired) electrons. The number of carbonyl (C=O) groups excluding carboxylic acids is 2. The number of rotatable bonds is 8. The van der Waals surface area contributed by atoms with Crippen molar-refractivity contribution >= 4 is 22.3 Å². The van der Waals surface area contributed by atoms with Crippen molar-refractivity contribution in [2.45, 2.75) is 43.9 Å². The Kier molecular flexibility index (Phi) is 6.49. The second-order valence-electron chi connectivity index (χ2n) is 6.66. The van der Waals surface area contributed by atoms with E-state index in [0.717, 1.165) is 25.9 Å². The maximum absolute atomic E-state index is 12.3. The van der Waals surface area contributed by atoms with Gasteiger partial charge in [0.25, 0.3) is 5.91 Å². The fraction of sp³-hybridized carbons (Fsp3) is 0.857. The fourth-order valence-corrected chi connectivity index (χ4v) is 3.90. The van der Waals surface area contributed by atoms with Crippen LogP contribution in [0.3, 0.4) is 0 Å². The van der Waals surface area contributed by atoms with E-state index in [1.54, 1.807) is 0 Å². The number of nitrogens with zero attached hydrogens (tertiary/aromatic N) is 2. The van der Waals surface area contributed by atoms with Crippen molar-refractivity contribution in [3.63, 3.8) is 0 Å². The van der Waals surface area contributed by atoms with Crippen molar-refractivity contribution < 1.29 is 36.4 Å². The van der Waals surface area contributed by atoms with E-state index in [1.165, 1.54) is 4.90 Å². The molecule has 2 unspecified atom stereocenters. The van der Waals surface area contributed by atoms with Gasteiger partial charge >= 0.3 is 16.4 Å². The number of ether oxygens (including phenoxy) is 1. The molecule has 3 N–H and O–H groups in total. The number of amides is 3. The Hall–Kier alpha value is -1.51.